The second-order valence-electron chi connectivity index (χ2n) is 6.31. The van der Waals surface area contributed by atoms with E-state index in [9.17, 15) is 4.79 Å². The molecule has 0 atom stereocenters. The Morgan fingerprint density at radius 1 is 1.48 bits per heavy atom. The molecule has 21 heavy (non-hydrogen) atoms. The summed E-state index contributed by atoms with van der Waals surface area (Å²) in [5.74, 6) is 5.35. The van der Waals surface area contributed by atoms with E-state index in [4.69, 9.17) is 5.84 Å². The van der Waals surface area contributed by atoms with Crippen LogP contribution in [0.5, 0.6) is 0 Å². The van der Waals surface area contributed by atoms with Crippen LogP contribution in [0.2, 0.25) is 0 Å². The number of nitrogens with one attached hydrogen (secondary N) is 2. The number of piperidine rings is 1. The number of pyridine rings is 1. The summed E-state index contributed by atoms with van der Waals surface area (Å²) in [5.41, 5.74) is 4.64. The second-order valence-corrected chi connectivity index (χ2v) is 6.31. The Morgan fingerprint density at radius 3 is 2.76 bits per heavy atom. The van der Waals surface area contributed by atoms with Crippen molar-refractivity contribution in [3.8, 4) is 0 Å². The second kappa shape index (κ2) is 6.41. The van der Waals surface area contributed by atoms with Gasteiger partial charge in [-0.1, -0.05) is 6.92 Å². The van der Waals surface area contributed by atoms with E-state index in [0.717, 1.165) is 31.6 Å². The van der Waals surface area contributed by atoms with E-state index >= 15 is 0 Å². The van der Waals surface area contributed by atoms with Crippen LogP contribution in [0.25, 0.3) is 0 Å². The summed E-state index contributed by atoms with van der Waals surface area (Å²) in [7, 11) is 2.13. The van der Waals surface area contributed by atoms with E-state index in [2.05, 4.69) is 34.6 Å². The van der Waals surface area contributed by atoms with Crippen molar-refractivity contribution in [3.05, 3.63) is 23.5 Å². The molecule has 1 amide bonds. The van der Waals surface area contributed by atoms with Gasteiger partial charge in [-0.05, 0) is 51.4 Å². The van der Waals surface area contributed by atoms with Gasteiger partial charge in [0, 0.05) is 18.4 Å². The van der Waals surface area contributed by atoms with Crippen molar-refractivity contribution in [2.45, 2.75) is 26.7 Å². The Kier molecular flexibility index (Phi) is 4.80. The van der Waals surface area contributed by atoms with Crippen LogP contribution in [0, 0.1) is 12.3 Å². The molecule has 4 N–H and O–H groups in total. The van der Waals surface area contributed by atoms with Gasteiger partial charge in [-0.2, -0.15) is 0 Å². The number of anilines is 1. The van der Waals surface area contributed by atoms with E-state index < -0.39 is 0 Å². The Hall–Kier alpha value is -1.66. The Balaban J connectivity index is 1.99. The summed E-state index contributed by atoms with van der Waals surface area (Å²) in [4.78, 5) is 18.8. The Labute approximate surface area is 126 Å². The number of rotatable bonds is 4. The number of aryl methyl sites for hydroxylation is 1. The minimum atomic E-state index is -0.129. The number of nitrogen functional groups attached to an aromatic ring is 1. The van der Waals surface area contributed by atoms with Crippen LogP contribution < -0.4 is 16.6 Å². The summed E-state index contributed by atoms with van der Waals surface area (Å²) in [6, 6.07) is 1.77. The van der Waals surface area contributed by atoms with Gasteiger partial charge in [-0.15, -0.1) is 0 Å². The largest absolute Gasteiger partial charge is 0.351 e. The molecule has 1 aromatic heterocycles. The first kappa shape index (κ1) is 15.7. The lowest BCUT2D eigenvalue weighted by atomic mass is 9.80. The van der Waals surface area contributed by atoms with E-state index in [-0.39, 0.29) is 11.3 Å². The van der Waals surface area contributed by atoms with E-state index in [1.807, 2.05) is 6.92 Å². The van der Waals surface area contributed by atoms with E-state index in [1.165, 1.54) is 0 Å². The molecule has 0 saturated carbocycles. The molecule has 1 saturated heterocycles. The van der Waals surface area contributed by atoms with Crippen LogP contribution in [0.1, 0.15) is 35.8 Å². The molecule has 6 heteroatoms. The molecule has 6 nitrogen and oxygen atoms in total. The third kappa shape index (κ3) is 3.92. The summed E-state index contributed by atoms with van der Waals surface area (Å²) >= 11 is 0. The van der Waals surface area contributed by atoms with Crippen molar-refractivity contribution >= 4 is 11.6 Å². The van der Waals surface area contributed by atoms with Gasteiger partial charge < -0.3 is 15.6 Å². The average molecular weight is 291 g/mol. The first-order chi connectivity index (χ1) is 9.93. The van der Waals surface area contributed by atoms with Crippen molar-refractivity contribution in [2.75, 3.05) is 32.1 Å². The highest BCUT2D eigenvalue weighted by atomic mass is 16.1. The zero-order chi connectivity index (χ0) is 15.5. The van der Waals surface area contributed by atoms with Gasteiger partial charge in [-0.3, -0.25) is 15.6 Å². The Bertz CT molecular complexity index is 509. The normalized spacial score (nSPS) is 18.3. The highest BCUT2D eigenvalue weighted by molar-refractivity contribution is 5.99. The number of nitrogens with zero attached hydrogens (tertiary/aromatic N) is 2. The van der Waals surface area contributed by atoms with Gasteiger partial charge in [0.15, 0.2) is 0 Å². The molecule has 0 aromatic carbocycles. The number of carbonyl (C=O) groups excluding carboxylic acids is 1. The minimum Gasteiger partial charge on any atom is -0.351 e. The minimum absolute atomic E-state index is 0.129. The molecule has 1 aliphatic rings. The van der Waals surface area contributed by atoms with Gasteiger partial charge in [0.05, 0.1) is 11.3 Å². The zero-order valence-corrected chi connectivity index (χ0v) is 13.1. The van der Waals surface area contributed by atoms with Gasteiger partial charge in [0.25, 0.3) is 5.91 Å². The number of amides is 1. The molecule has 1 aliphatic heterocycles. The molecule has 0 radical (unpaired) electrons. The fraction of sp³-hybridized carbons (Fsp3) is 0.600. The molecule has 2 rings (SSSR count). The lowest BCUT2D eigenvalue weighted by Crippen LogP contribution is -2.43. The molecule has 0 unspecified atom stereocenters. The summed E-state index contributed by atoms with van der Waals surface area (Å²) < 4.78 is 0. The predicted octanol–water partition coefficient (Wildman–Crippen LogP) is 1.14. The first-order valence-electron chi connectivity index (χ1n) is 7.33. The maximum Gasteiger partial charge on any atom is 0.255 e. The van der Waals surface area contributed by atoms with E-state index in [0.29, 0.717) is 17.8 Å². The Morgan fingerprint density at radius 2 is 2.14 bits per heavy atom. The van der Waals surface area contributed by atoms with Crippen LogP contribution in [0.4, 0.5) is 5.69 Å². The molecule has 2 heterocycles. The van der Waals surface area contributed by atoms with Crippen LogP contribution in [-0.2, 0) is 0 Å². The quantitative estimate of drug-likeness (QED) is 0.572. The van der Waals surface area contributed by atoms with Crippen molar-refractivity contribution < 1.29 is 4.79 Å². The number of carbonyl (C=O) groups is 1. The molecule has 116 valence electrons. The van der Waals surface area contributed by atoms with Crippen molar-refractivity contribution in [3.63, 3.8) is 0 Å². The van der Waals surface area contributed by atoms with Gasteiger partial charge in [-0.25, -0.2) is 0 Å². The fourth-order valence-electron chi connectivity index (χ4n) is 2.58. The third-order valence-corrected chi connectivity index (χ3v) is 4.31. The summed E-state index contributed by atoms with van der Waals surface area (Å²) in [6.45, 7) is 6.93. The molecule has 0 aliphatic carbocycles. The molecular weight excluding hydrogens is 266 g/mol. The lowest BCUT2D eigenvalue weighted by molar-refractivity contribution is 0.0892. The van der Waals surface area contributed by atoms with Crippen molar-refractivity contribution in [1.29, 1.82) is 0 Å². The number of aromatic nitrogens is 1. The van der Waals surface area contributed by atoms with Crippen molar-refractivity contribution in [1.82, 2.24) is 15.2 Å². The van der Waals surface area contributed by atoms with Gasteiger partial charge >= 0.3 is 0 Å². The number of hydrogen-bond donors (Lipinski definition) is 3. The topological polar surface area (TPSA) is 83.3 Å². The lowest BCUT2D eigenvalue weighted by Gasteiger charge is -2.38. The van der Waals surface area contributed by atoms with Crippen molar-refractivity contribution in [2.24, 2.45) is 11.3 Å². The van der Waals surface area contributed by atoms with Crippen LogP contribution >= 0.6 is 0 Å². The molecule has 0 spiro atoms. The summed E-state index contributed by atoms with van der Waals surface area (Å²) in [6.07, 6.45) is 3.76. The maximum atomic E-state index is 12.3. The SMILES string of the molecule is Cc1cc(NN)c(C(=O)NCC2(C)CCN(C)CC2)cn1. The number of hydrogen-bond acceptors (Lipinski definition) is 5. The van der Waals surface area contributed by atoms with E-state index in [1.54, 1.807) is 12.3 Å². The highest BCUT2D eigenvalue weighted by Crippen LogP contribution is 2.29. The molecule has 1 aromatic rings. The molecule has 1 fully saturated rings. The maximum absolute atomic E-state index is 12.3. The standard InChI is InChI=1S/C15H25N5O/c1-11-8-13(19-16)12(9-17-11)14(21)18-10-15(2)4-6-20(3)7-5-15/h8-9H,4-7,10,16H2,1-3H3,(H,17,19)(H,18,21). The fourth-order valence-corrected chi connectivity index (χ4v) is 2.58. The molecule has 0 bridgehead atoms. The smallest absolute Gasteiger partial charge is 0.255 e. The van der Waals surface area contributed by atoms with Crippen LogP contribution in [0.3, 0.4) is 0 Å². The predicted molar refractivity (Wildman–Crippen MR) is 84.0 cm³/mol. The molecular formula is C15H25N5O. The first-order valence-corrected chi connectivity index (χ1v) is 7.33. The number of likely N-dealkylation sites (tertiary alicyclic amines) is 1. The monoisotopic (exact) mass is 291 g/mol. The zero-order valence-electron chi connectivity index (χ0n) is 13.1. The van der Waals surface area contributed by atoms with Crippen LogP contribution in [-0.4, -0.2) is 42.5 Å². The van der Waals surface area contributed by atoms with Gasteiger partial charge in [0.1, 0.15) is 0 Å². The van der Waals surface area contributed by atoms with Crippen LogP contribution in [0.15, 0.2) is 12.3 Å². The third-order valence-electron chi connectivity index (χ3n) is 4.31. The average Bonchev–Trinajstić information content (AvgIpc) is 2.48. The number of nitrogens with two attached hydrogens (primary N) is 1. The number of hydrazine groups is 1. The summed E-state index contributed by atoms with van der Waals surface area (Å²) in [5, 5.41) is 3.03. The van der Waals surface area contributed by atoms with Gasteiger partial charge in [0.2, 0.25) is 0 Å². The highest BCUT2D eigenvalue weighted by Gasteiger charge is 2.29.